The van der Waals surface area contributed by atoms with Crippen LogP contribution in [0.3, 0.4) is 0 Å². The first-order valence-corrected chi connectivity index (χ1v) is 12.0. The van der Waals surface area contributed by atoms with Crippen molar-refractivity contribution >= 4 is 34.6 Å². The standard InChI is InChI=1S/C24H33Cl2NO3/c1-3-5-11-27(12-6-4-2)14-19-22(28)10-9-18-23(29)20(15-30-24(18)19)17-8-7-16(25)13-21(17)26/h7-8,13,15,18-19,22,24,28H,3-6,9-12,14H2,1-2H3. The first kappa shape index (κ1) is 23.6. The molecule has 1 aliphatic carbocycles. The molecule has 1 aliphatic heterocycles. The van der Waals surface area contributed by atoms with E-state index in [0.717, 1.165) is 45.3 Å². The molecule has 1 N–H and O–H groups in total. The lowest BCUT2D eigenvalue weighted by Gasteiger charge is -2.44. The maximum absolute atomic E-state index is 13.3. The van der Waals surface area contributed by atoms with Crippen molar-refractivity contribution in [2.75, 3.05) is 19.6 Å². The number of rotatable bonds is 9. The van der Waals surface area contributed by atoms with E-state index in [0.29, 0.717) is 34.0 Å². The van der Waals surface area contributed by atoms with Crippen LogP contribution in [0.4, 0.5) is 0 Å². The summed E-state index contributed by atoms with van der Waals surface area (Å²) in [6, 6.07) is 5.14. The number of fused-ring (bicyclic) bond motifs is 1. The Morgan fingerprint density at radius 3 is 2.47 bits per heavy atom. The average Bonchev–Trinajstić information content (AvgIpc) is 2.72. The summed E-state index contributed by atoms with van der Waals surface area (Å²) in [6.07, 6.45) is 6.63. The zero-order valence-electron chi connectivity index (χ0n) is 17.9. The Morgan fingerprint density at radius 1 is 1.13 bits per heavy atom. The predicted molar refractivity (Wildman–Crippen MR) is 123 cm³/mol. The fraction of sp³-hybridized carbons (Fsp3) is 0.625. The molecule has 1 aromatic rings. The lowest BCUT2D eigenvalue weighted by atomic mass is 9.72. The van der Waals surface area contributed by atoms with Crippen molar-refractivity contribution in [3.63, 3.8) is 0 Å². The second-order valence-electron chi connectivity index (χ2n) is 8.54. The summed E-state index contributed by atoms with van der Waals surface area (Å²) in [7, 11) is 0. The van der Waals surface area contributed by atoms with Crippen molar-refractivity contribution in [1.29, 1.82) is 0 Å². The molecule has 0 spiro atoms. The Morgan fingerprint density at radius 2 is 1.83 bits per heavy atom. The molecule has 1 aromatic carbocycles. The van der Waals surface area contributed by atoms with E-state index in [9.17, 15) is 9.90 Å². The SMILES string of the molecule is CCCCN(CCCC)CC1C(O)CCC2C(=O)C(c3ccc(Cl)cc3Cl)=COC21. The van der Waals surface area contributed by atoms with Crippen LogP contribution >= 0.6 is 23.2 Å². The lowest BCUT2D eigenvalue weighted by molar-refractivity contribution is -0.133. The van der Waals surface area contributed by atoms with E-state index in [4.69, 9.17) is 27.9 Å². The molecule has 4 atom stereocenters. The third-order valence-electron chi connectivity index (χ3n) is 6.38. The van der Waals surface area contributed by atoms with Gasteiger partial charge in [0.05, 0.1) is 28.9 Å². The molecule has 1 saturated carbocycles. The number of ether oxygens (including phenoxy) is 1. The van der Waals surface area contributed by atoms with Crippen LogP contribution in [0.15, 0.2) is 24.5 Å². The molecule has 1 heterocycles. The molecule has 166 valence electrons. The van der Waals surface area contributed by atoms with E-state index in [1.807, 2.05) is 0 Å². The molecule has 4 nitrogen and oxygen atoms in total. The lowest BCUT2D eigenvalue weighted by Crippen LogP contribution is -2.52. The minimum absolute atomic E-state index is 0.0565. The average molecular weight is 454 g/mol. The second-order valence-corrected chi connectivity index (χ2v) is 9.39. The fourth-order valence-electron chi connectivity index (χ4n) is 4.61. The summed E-state index contributed by atoms with van der Waals surface area (Å²) >= 11 is 12.3. The number of Topliss-reactive ketones (excluding diaryl/α,β-unsaturated/α-hetero) is 1. The molecule has 0 bridgehead atoms. The summed E-state index contributed by atoms with van der Waals surface area (Å²) in [5, 5.41) is 11.8. The second kappa shape index (κ2) is 11.0. The number of halogens is 2. The van der Waals surface area contributed by atoms with Crippen LogP contribution in [-0.2, 0) is 9.53 Å². The molecule has 1 fully saturated rings. The third-order valence-corrected chi connectivity index (χ3v) is 6.93. The van der Waals surface area contributed by atoms with Gasteiger partial charge < -0.3 is 14.7 Å². The predicted octanol–water partition coefficient (Wildman–Crippen LogP) is 5.59. The molecule has 6 heteroatoms. The molecule has 0 amide bonds. The van der Waals surface area contributed by atoms with Gasteiger partial charge in [0.25, 0.3) is 0 Å². The number of allylic oxidation sites excluding steroid dienone is 1. The van der Waals surface area contributed by atoms with Crippen molar-refractivity contribution < 1.29 is 14.6 Å². The number of nitrogens with zero attached hydrogens (tertiary/aromatic N) is 1. The quantitative estimate of drug-likeness (QED) is 0.529. The number of unbranched alkanes of at least 4 members (excludes halogenated alkanes) is 2. The number of aliphatic hydroxyl groups is 1. The van der Waals surface area contributed by atoms with Crippen molar-refractivity contribution in [3.8, 4) is 0 Å². The highest BCUT2D eigenvalue weighted by molar-refractivity contribution is 6.37. The van der Waals surface area contributed by atoms with E-state index in [-0.39, 0.29) is 23.7 Å². The van der Waals surface area contributed by atoms with Gasteiger partial charge in [0.2, 0.25) is 0 Å². The Kier molecular flexibility index (Phi) is 8.64. The van der Waals surface area contributed by atoms with Gasteiger partial charge in [0.1, 0.15) is 6.10 Å². The summed E-state index contributed by atoms with van der Waals surface area (Å²) in [5.41, 5.74) is 1.15. The molecule has 4 unspecified atom stereocenters. The maximum Gasteiger partial charge on any atom is 0.173 e. The highest BCUT2D eigenvalue weighted by Gasteiger charge is 2.46. The highest BCUT2D eigenvalue weighted by Crippen LogP contribution is 2.41. The van der Waals surface area contributed by atoms with Gasteiger partial charge in [-0.1, -0.05) is 56.0 Å². The monoisotopic (exact) mass is 453 g/mol. The maximum atomic E-state index is 13.3. The van der Waals surface area contributed by atoms with Crippen LogP contribution in [0.5, 0.6) is 0 Å². The van der Waals surface area contributed by atoms with Gasteiger partial charge in [-0.3, -0.25) is 4.79 Å². The zero-order valence-corrected chi connectivity index (χ0v) is 19.5. The number of hydrogen-bond donors (Lipinski definition) is 1. The smallest absolute Gasteiger partial charge is 0.173 e. The topological polar surface area (TPSA) is 49.8 Å². The van der Waals surface area contributed by atoms with Crippen LogP contribution < -0.4 is 0 Å². The number of aliphatic hydroxyl groups excluding tert-OH is 1. The first-order valence-electron chi connectivity index (χ1n) is 11.2. The third kappa shape index (κ3) is 5.40. The summed E-state index contributed by atoms with van der Waals surface area (Å²) in [4.78, 5) is 15.8. The Balaban J connectivity index is 1.80. The molecule has 0 saturated heterocycles. The largest absolute Gasteiger partial charge is 0.496 e. The molecule has 0 aromatic heterocycles. The van der Waals surface area contributed by atoms with Crippen LogP contribution in [0.25, 0.3) is 5.57 Å². The number of hydrogen-bond acceptors (Lipinski definition) is 4. The molecular formula is C24H33Cl2NO3. The molecule has 2 aliphatic rings. The van der Waals surface area contributed by atoms with Gasteiger partial charge in [-0.05, 0) is 50.9 Å². The number of carbonyl (C=O) groups excluding carboxylic acids is 1. The summed E-state index contributed by atoms with van der Waals surface area (Å²) < 4.78 is 6.14. The Labute approximate surface area is 190 Å². The van der Waals surface area contributed by atoms with Gasteiger partial charge in [-0.2, -0.15) is 0 Å². The fourth-order valence-corrected chi connectivity index (χ4v) is 5.12. The number of ketones is 1. The molecule has 3 rings (SSSR count). The van der Waals surface area contributed by atoms with E-state index in [1.165, 1.54) is 0 Å². The summed E-state index contributed by atoms with van der Waals surface area (Å²) in [5.74, 6) is -0.259. The normalized spacial score (nSPS) is 26.3. The Bertz CT molecular complexity index is 759. The van der Waals surface area contributed by atoms with Crippen LogP contribution in [-0.4, -0.2) is 47.6 Å². The summed E-state index contributed by atoms with van der Waals surface area (Å²) in [6.45, 7) is 7.20. The minimum atomic E-state index is -0.445. The van der Waals surface area contributed by atoms with Gasteiger partial charge >= 0.3 is 0 Å². The van der Waals surface area contributed by atoms with Crippen molar-refractivity contribution in [2.24, 2.45) is 11.8 Å². The zero-order chi connectivity index (χ0) is 21.7. The number of carbonyl (C=O) groups is 1. The number of benzene rings is 1. The van der Waals surface area contributed by atoms with Crippen molar-refractivity contribution in [2.45, 2.75) is 64.6 Å². The Hall–Kier alpha value is -1.07. The van der Waals surface area contributed by atoms with Crippen LogP contribution in [0, 0.1) is 11.8 Å². The van der Waals surface area contributed by atoms with Crippen molar-refractivity contribution in [1.82, 2.24) is 4.90 Å². The van der Waals surface area contributed by atoms with E-state index < -0.39 is 6.10 Å². The first-order chi connectivity index (χ1) is 14.5. The minimum Gasteiger partial charge on any atom is -0.496 e. The molecule has 0 radical (unpaired) electrons. The van der Waals surface area contributed by atoms with Crippen LogP contribution in [0.2, 0.25) is 10.0 Å². The van der Waals surface area contributed by atoms with Crippen molar-refractivity contribution in [3.05, 3.63) is 40.1 Å². The van der Waals surface area contributed by atoms with Gasteiger partial charge in [-0.15, -0.1) is 0 Å². The van der Waals surface area contributed by atoms with E-state index in [2.05, 4.69) is 18.7 Å². The van der Waals surface area contributed by atoms with E-state index in [1.54, 1.807) is 24.5 Å². The highest BCUT2D eigenvalue weighted by atomic mass is 35.5. The van der Waals surface area contributed by atoms with Gasteiger partial charge in [0.15, 0.2) is 5.78 Å². The van der Waals surface area contributed by atoms with Gasteiger partial charge in [0, 0.05) is 23.0 Å². The van der Waals surface area contributed by atoms with Gasteiger partial charge in [-0.25, -0.2) is 0 Å². The molecular weight excluding hydrogens is 421 g/mol. The van der Waals surface area contributed by atoms with E-state index >= 15 is 0 Å². The molecule has 30 heavy (non-hydrogen) atoms. The van der Waals surface area contributed by atoms with Crippen LogP contribution in [0.1, 0.15) is 57.9 Å².